The van der Waals surface area contributed by atoms with E-state index in [1.54, 1.807) is 43.5 Å². The van der Waals surface area contributed by atoms with Crippen LogP contribution in [0.1, 0.15) is 5.56 Å². The van der Waals surface area contributed by atoms with Crippen LogP contribution in [0.5, 0.6) is 5.75 Å². The molecule has 0 spiro atoms. The number of nitro groups is 1. The molecule has 0 radical (unpaired) electrons. The molecule has 0 saturated carbocycles. The molecule has 0 heterocycles. The Bertz CT molecular complexity index is 657. The summed E-state index contributed by atoms with van der Waals surface area (Å²) >= 11 is 0. The van der Waals surface area contributed by atoms with Crippen LogP contribution in [0, 0.1) is 21.4 Å². The summed E-state index contributed by atoms with van der Waals surface area (Å²) in [5, 5.41) is 20.0. The van der Waals surface area contributed by atoms with Crippen LogP contribution in [0.2, 0.25) is 0 Å². The molecule has 0 fully saturated rings. The zero-order valence-electron chi connectivity index (χ0n) is 10.2. The second-order valence-electron chi connectivity index (χ2n) is 3.80. The normalized spacial score (nSPS) is 9.68. The van der Waals surface area contributed by atoms with Gasteiger partial charge in [-0.3, -0.25) is 10.1 Å². The molecule has 94 valence electrons. The van der Waals surface area contributed by atoms with Gasteiger partial charge in [0.05, 0.1) is 12.0 Å². The first kappa shape index (κ1) is 12.6. The second-order valence-corrected chi connectivity index (χ2v) is 3.80. The molecule has 0 bridgehead atoms. The first-order valence-electron chi connectivity index (χ1n) is 5.49. The summed E-state index contributed by atoms with van der Waals surface area (Å²) in [5.41, 5.74) is 1.16. The van der Waals surface area contributed by atoms with Gasteiger partial charge >= 0.3 is 0 Å². The highest BCUT2D eigenvalue weighted by molar-refractivity contribution is 5.75. The lowest BCUT2D eigenvalue weighted by Crippen LogP contribution is -1.94. The molecule has 0 unspecified atom stereocenters. The van der Waals surface area contributed by atoms with Crippen molar-refractivity contribution >= 4 is 5.69 Å². The molecule has 2 rings (SSSR count). The van der Waals surface area contributed by atoms with E-state index in [0.29, 0.717) is 11.3 Å². The average molecular weight is 254 g/mol. The third-order valence-corrected chi connectivity index (χ3v) is 2.75. The number of nitro benzene ring substituents is 1. The minimum absolute atomic E-state index is 0.0673. The lowest BCUT2D eigenvalue weighted by molar-refractivity contribution is -0.385. The Hall–Kier alpha value is -2.87. The molecule has 5 nitrogen and oxygen atoms in total. The third kappa shape index (κ3) is 2.38. The van der Waals surface area contributed by atoms with Gasteiger partial charge < -0.3 is 4.74 Å². The maximum absolute atomic E-state index is 10.9. The Labute approximate surface area is 109 Å². The van der Waals surface area contributed by atoms with Crippen LogP contribution in [0.25, 0.3) is 11.1 Å². The lowest BCUT2D eigenvalue weighted by Gasteiger charge is -2.06. The monoisotopic (exact) mass is 254 g/mol. The Morgan fingerprint density at radius 2 is 1.89 bits per heavy atom. The summed E-state index contributed by atoms with van der Waals surface area (Å²) in [4.78, 5) is 10.3. The zero-order valence-corrected chi connectivity index (χ0v) is 10.2. The van der Waals surface area contributed by atoms with Gasteiger partial charge in [-0.1, -0.05) is 24.3 Å². The van der Waals surface area contributed by atoms with Crippen molar-refractivity contribution in [3.63, 3.8) is 0 Å². The molecule has 19 heavy (non-hydrogen) atoms. The van der Waals surface area contributed by atoms with Gasteiger partial charge in [0, 0.05) is 11.6 Å². The molecular formula is C14H10N2O3. The predicted octanol–water partition coefficient (Wildman–Crippen LogP) is 3.14. The molecule has 2 aromatic rings. The number of nitrogens with zero attached hydrogens (tertiary/aromatic N) is 2. The molecule has 0 aromatic heterocycles. The van der Waals surface area contributed by atoms with Crippen molar-refractivity contribution in [1.82, 2.24) is 0 Å². The largest absolute Gasteiger partial charge is 0.497 e. The summed E-state index contributed by atoms with van der Waals surface area (Å²) in [5.74, 6) is 0.688. The quantitative estimate of drug-likeness (QED) is 0.622. The molecule has 0 N–H and O–H groups in total. The smallest absolute Gasteiger partial charge is 0.287 e. The van der Waals surface area contributed by atoms with E-state index in [1.807, 2.05) is 6.07 Å². The van der Waals surface area contributed by atoms with Crippen LogP contribution < -0.4 is 4.74 Å². The number of nitriles is 1. The van der Waals surface area contributed by atoms with E-state index in [0.717, 1.165) is 5.56 Å². The van der Waals surface area contributed by atoms with E-state index in [2.05, 4.69) is 0 Å². The lowest BCUT2D eigenvalue weighted by atomic mass is 9.99. The van der Waals surface area contributed by atoms with Crippen LogP contribution in [0.3, 0.4) is 0 Å². The Morgan fingerprint density at radius 3 is 2.42 bits per heavy atom. The van der Waals surface area contributed by atoms with Crippen LogP contribution in [-0.4, -0.2) is 12.0 Å². The van der Waals surface area contributed by atoms with Crippen molar-refractivity contribution in [3.05, 3.63) is 58.1 Å². The van der Waals surface area contributed by atoms with E-state index in [9.17, 15) is 10.1 Å². The number of hydrogen-bond donors (Lipinski definition) is 0. The summed E-state index contributed by atoms with van der Waals surface area (Å²) in [6, 6.07) is 13.5. The minimum atomic E-state index is -0.550. The first-order chi connectivity index (χ1) is 9.17. The maximum atomic E-state index is 10.9. The standard InChI is InChI=1S/C14H10N2O3/c1-19-11-7-5-10(6-8-11)12-3-2-4-14(16(17)18)13(12)9-15/h2-8H,1H3. The van der Waals surface area contributed by atoms with Crippen LogP contribution in [-0.2, 0) is 0 Å². The molecule has 0 atom stereocenters. The fourth-order valence-corrected chi connectivity index (χ4v) is 1.82. The average Bonchev–Trinajstić information content (AvgIpc) is 2.46. The van der Waals surface area contributed by atoms with Crippen LogP contribution in [0.4, 0.5) is 5.69 Å². The van der Waals surface area contributed by atoms with Crippen LogP contribution in [0.15, 0.2) is 42.5 Å². The number of methoxy groups -OCH3 is 1. The van der Waals surface area contributed by atoms with E-state index >= 15 is 0 Å². The Kier molecular flexibility index (Phi) is 3.44. The van der Waals surface area contributed by atoms with E-state index in [-0.39, 0.29) is 11.3 Å². The van der Waals surface area contributed by atoms with Gasteiger partial charge in [0.2, 0.25) is 0 Å². The van der Waals surface area contributed by atoms with Gasteiger partial charge in [-0.2, -0.15) is 5.26 Å². The molecule has 2 aromatic carbocycles. The fraction of sp³-hybridized carbons (Fsp3) is 0.0714. The van der Waals surface area contributed by atoms with Crippen molar-refractivity contribution < 1.29 is 9.66 Å². The van der Waals surface area contributed by atoms with Crippen molar-refractivity contribution in [2.75, 3.05) is 7.11 Å². The highest BCUT2D eigenvalue weighted by Crippen LogP contribution is 2.30. The van der Waals surface area contributed by atoms with Crippen molar-refractivity contribution in [3.8, 4) is 22.9 Å². The van der Waals surface area contributed by atoms with Gasteiger partial charge in [-0.25, -0.2) is 0 Å². The van der Waals surface area contributed by atoms with Gasteiger partial charge in [-0.05, 0) is 17.7 Å². The molecular weight excluding hydrogens is 244 g/mol. The number of ether oxygens (including phenoxy) is 1. The number of benzene rings is 2. The molecule has 5 heteroatoms. The molecule has 0 amide bonds. The summed E-state index contributed by atoms with van der Waals surface area (Å²) in [6.45, 7) is 0. The number of hydrogen-bond acceptors (Lipinski definition) is 4. The van der Waals surface area contributed by atoms with Crippen molar-refractivity contribution in [2.24, 2.45) is 0 Å². The SMILES string of the molecule is COc1ccc(-c2cccc([N+](=O)[O-])c2C#N)cc1. The maximum Gasteiger partial charge on any atom is 0.287 e. The zero-order chi connectivity index (χ0) is 13.8. The van der Waals surface area contributed by atoms with Gasteiger partial charge in [0.1, 0.15) is 17.4 Å². The summed E-state index contributed by atoms with van der Waals surface area (Å²) in [7, 11) is 1.56. The first-order valence-corrected chi connectivity index (χ1v) is 5.49. The van der Waals surface area contributed by atoms with Gasteiger partial charge in [0.15, 0.2) is 0 Å². The highest BCUT2D eigenvalue weighted by Gasteiger charge is 2.17. The summed E-state index contributed by atoms with van der Waals surface area (Å²) in [6.07, 6.45) is 0. The highest BCUT2D eigenvalue weighted by atomic mass is 16.6. The topological polar surface area (TPSA) is 76.2 Å². The fourth-order valence-electron chi connectivity index (χ4n) is 1.82. The van der Waals surface area contributed by atoms with Crippen molar-refractivity contribution in [1.29, 1.82) is 5.26 Å². The molecule has 0 aliphatic carbocycles. The van der Waals surface area contributed by atoms with E-state index in [1.165, 1.54) is 6.07 Å². The van der Waals surface area contributed by atoms with Gasteiger partial charge in [0.25, 0.3) is 5.69 Å². The Morgan fingerprint density at radius 1 is 1.21 bits per heavy atom. The van der Waals surface area contributed by atoms with E-state index in [4.69, 9.17) is 10.00 Å². The van der Waals surface area contributed by atoms with Gasteiger partial charge in [-0.15, -0.1) is 0 Å². The van der Waals surface area contributed by atoms with E-state index < -0.39 is 4.92 Å². The number of rotatable bonds is 3. The van der Waals surface area contributed by atoms with Crippen LogP contribution >= 0.6 is 0 Å². The minimum Gasteiger partial charge on any atom is -0.497 e. The van der Waals surface area contributed by atoms with Crippen molar-refractivity contribution in [2.45, 2.75) is 0 Å². The Balaban J connectivity index is 2.58. The predicted molar refractivity (Wildman–Crippen MR) is 69.8 cm³/mol. The molecule has 0 saturated heterocycles. The molecule has 0 aliphatic rings. The second kappa shape index (κ2) is 5.19. The molecule has 0 aliphatic heterocycles. The third-order valence-electron chi connectivity index (χ3n) is 2.75. The summed E-state index contributed by atoms with van der Waals surface area (Å²) < 4.78 is 5.05.